The molecule has 0 saturated carbocycles. The molecule has 0 bridgehead atoms. The minimum Gasteiger partial charge on any atom is -0.510 e. The Morgan fingerprint density at radius 1 is 0.588 bits per heavy atom. The largest absolute Gasteiger partial charge is 0.510 e. The number of aromatic nitrogens is 4. The van der Waals surface area contributed by atoms with E-state index in [-0.39, 0.29) is 26.5 Å². The van der Waals surface area contributed by atoms with Crippen molar-refractivity contribution in [2.75, 3.05) is 0 Å². The summed E-state index contributed by atoms with van der Waals surface area (Å²) in [5.74, 6) is 1.85. The van der Waals surface area contributed by atoms with Crippen LogP contribution in [0.1, 0.15) is 84.5 Å². The molecule has 0 aliphatic carbocycles. The zero-order valence-corrected chi connectivity index (χ0v) is 42.4. The topological polar surface area (TPSA) is 35.9 Å². The van der Waals surface area contributed by atoms with E-state index in [0.29, 0.717) is 28.3 Å². The molecule has 0 radical (unpaired) electrons. The fourth-order valence-corrected chi connectivity index (χ4v) is 8.97. The summed E-state index contributed by atoms with van der Waals surface area (Å²) in [5.41, 5.74) is 9.58. The smallest absolute Gasteiger partial charge is 0.268 e. The van der Waals surface area contributed by atoms with Gasteiger partial charge in [-0.25, -0.2) is 4.98 Å². The molecule has 0 unspecified atom stereocenters. The molecule has 3 heterocycles. The van der Waals surface area contributed by atoms with Crippen LogP contribution in [0.15, 0.2) is 164 Å². The summed E-state index contributed by atoms with van der Waals surface area (Å²) in [5, 5.41) is 2.15. The molecule has 6 heteroatoms. The van der Waals surface area contributed by atoms with Crippen LogP contribution in [0.5, 0.6) is 11.5 Å². The Labute approximate surface area is 422 Å². The number of benzene rings is 7. The molecule has 5 nitrogen and oxygen atoms in total. The van der Waals surface area contributed by atoms with Gasteiger partial charge < -0.3 is 13.9 Å². The molecular formula is C62H58N4OPt-2. The minimum absolute atomic E-state index is 0. The van der Waals surface area contributed by atoms with E-state index in [9.17, 15) is 5.48 Å². The molecule has 0 N–H and O–H groups in total. The summed E-state index contributed by atoms with van der Waals surface area (Å²) < 4.78 is 49.8. The van der Waals surface area contributed by atoms with Gasteiger partial charge in [0.15, 0.2) is 0 Å². The monoisotopic (exact) mass is 1070 g/mol. The fourth-order valence-electron chi connectivity index (χ4n) is 8.97. The van der Waals surface area contributed by atoms with E-state index >= 15 is 0 Å². The van der Waals surface area contributed by atoms with Crippen LogP contribution in [0.2, 0.25) is 0 Å². The van der Waals surface area contributed by atoms with Crippen molar-refractivity contribution in [1.82, 2.24) is 14.1 Å². The van der Waals surface area contributed by atoms with Gasteiger partial charge in [-0.1, -0.05) is 177 Å². The number of ether oxygens (including phenoxy) is 1. The number of fused-ring (bicyclic) bond motifs is 4. The van der Waals surface area contributed by atoms with E-state index in [1.807, 2.05) is 149 Å². The second kappa shape index (κ2) is 18.2. The summed E-state index contributed by atoms with van der Waals surface area (Å²) in [6, 6.07) is 59.5. The molecule has 0 aliphatic rings. The van der Waals surface area contributed by atoms with E-state index in [4.69, 9.17) is 9.72 Å². The second-order valence-electron chi connectivity index (χ2n) is 20.5. The molecule has 68 heavy (non-hydrogen) atoms. The van der Waals surface area contributed by atoms with Crippen LogP contribution in [0.4, 0.5) is 0 Å². The first-order valence-electron chi connectivity index (χ1n) is 25.0. The van der Waals surface area contributed by atoms with Gasteiger partial charge in [0.2, 0.25) is 0 Å². The van der Waals surface area contributed by atoms with Crippen LogP contribution >= 0.6 is 0 Å². The van der Waals surface area contributed by atoms with Crippen LogP contribution in [-0.2, 0) is 39.2 Å². The number of nitrogens with zero attached hydrogens (tertiary/aromatic N) is 4. The van der Waals surface area contributed by atoms with Gasteiger partial charge in [0.25, 0.3) is 6.33 Å². The Balaban J connectivity index is 0.00000640. The average Bonchev–Trinajstić information content (AvgIpc) is 3.89. The molecule has 0 saturated heterocycles. The number of hydrogen-bond donors (Lipinski definition) is 0. The van der Waals surface area contributed by atoms with Gasteiger partial charge in [-0.15, -0.1) is 29.7 Å². The van der Waals surface area contributed by atoms with Gasteiger partial charge in [-0.3, -0.25) is 4.57 Å². The van der Waals surface area contributed by atoms with Gasteiger partial charge in [0, 0.05) is 49.8 Å². The van der Waals surface area contributed by atoms with Gasteiger partial charge >= 0.3 is 0 Å². The summed E-state index contributed by atoms with van der Waals surface area (Å²) >= 11 is 0. The van der Waals surface area contributed by atoms with E-state index in [1.54, 1.807) is 0 Å². The third-order valence-electron chi connectivity index (χ3n) is 11.8. The van der Waals surface area contributed by atoms with Crippen molar-refractivity contribution in [2.45, 2.75) is 80.5 Å². The van der Waals surface area contributed by atoms with Crippen molar-refractivity contribution in [1.29, 1.82) is 0 Å². The minimum atomic E-state index is -1.62. The predicted molar refractivity (Wildman–Crippen MR) is 276 cm³/mol. The molecular weight excluding hydrogens is 1010 g/mol. The zero-order valence-electron chi connectivity index (χ0n) is 44.1. The molecule has 10 aromatic rings. The van der Waals surface area contributed by atoms with Crippen LogP contribution < -0.4 is 9.30 Å². The average molecular weight is 1070 g/mol. The Kier molecular flexibility index (Phi) is 11.1. The Bertz CT molecular complexity index is 3580. The van der Waals surface area contributed by atoms with Gasteiger partial charge in [-0.05, 0) is 97.2 Å². The summed E-state index contributed by atoms with van der Waals surface area (Å²) in [7, 11) is 0. The maximum Gasteiger partial charge on any atom is 0.268 e. The third kappa shape index (κ3) is 9.47. The Morgan fingerprint density at radius 2 is 1.19 bits per heavy atom. The number of imidazole rings is 1. The molecule has 3 aromatic heterocycles. The van der Waals surface area contributed by atoms with E-state index in [2.05, 4.69) is 109 Å². The van der Waals surface area contributed by atoms with Crippen molar-refractivity contribution in [3.63, 3.8) is 0 Å². The molecule has 0 amide bonds. The van der Waals surface area contributed by atoms with Crippen LogP contribution in [0.3, 0.4) is 0 Å². The van der Waals surface area contributed by atoms with Crippen LogP contribution in [0, 0.1) is 29.3 Å². The molecule has 0 aliphatic heterocycles. The molecule has 7 aromatic carbocycles. The predicted octanol–water partition coefficient (Wildman–Crippen LogP) is 15.4. The molecule has 344 valence electrons. The maximum absolute atomic E-state index is 9.23. The molecule has 0 atom stereocenters. The second-order valence-corrected chi connectivity index (χ2v) is 20.5. The number of para-hydroxylation sites is 4. The molecule has 10 rings (SSSR count). The summed E-state index contributed by atoms with van der Waals surface area (Å²) in [4.78, 5) is 4.85. The van der Waals surface area contributed by atoms with Gasteiger partial charge in [0.05, 0.1) is 16.7 Å². The number of hydrogen-bond acceptors (Lipinski definition) is 2. The van der Waals surface area contributed by atoms with Crippen molar-refractivity contribution < 1.29 is 35.9 Å². The van der Waals surface area contributed by atoms with E-state index in [0.717, 1.165) is 66.6 Å². The summed E-state index contributed by atoms with van der Waals surface area (Å²) in [6.45, 7) is 18.2. The molecule has 0 spiro atoms. The van der Waals surface area contributed by atoms with Crippen LogP contribution in [0.25, 0.3) is 72.3 Å². The van der Waals surface area contributed by atoms with E-state index in [1.165, 1.54) is 5.56 Å². The van der Waals surface area contributed by atoms with Gasteiger partial charge in [0.1, 0.15) is 5.82 Å². The van der Waals surface area contributed by atoms with Crippen LogP contribution in [-0.4, -0.2) is 14.1 Å². The summed E-state index contributed by atoms with van der Waals surface area (Å²) in [6.07, 6.45) is 2.36. The Morgan fingerprint density at radius 3 is 1.85 bits per heavy atom. The first kappa shape index (κ1) is 41.6. The first-order valence-corrected chi connectivity index (χ1v) is 23.0. The first-order chi connectivity index (χ1) is 33.6. The van der Waals surface area contributed by atoms with E-state index < -0.39 is 23.6 Å². The number of rotatable bonds is 9. The standard InChI is InChI=1S/C62H58N4O.Pt/c1-60(2,3)39-42-18-14-20-44(34-42)50-25-17-26-51(45-21-15-19-43(35-45)40-61(4,5)6)59(50)65-41-64(55-28-12-13-29-56(55)65)47-22-16-23-48(37-47)67-49-30-31-53-52-24-10-11-27-54(52)66(57(53)38-49)58-36-46(32-33-63-58)62(7,8)9;/h10-36H,39-40H2,1-9H3;/q-2;/i39D2,40D2;. The maximum atomic E-state index is 9.23. The SMILES string of the molecule is [2H]C([2H])(c1cccc(-c2cccc(-c3cccc(C([2H])([2H])C(C)(C)C)c3)c2-[n+]2[c-]n(-c3[c-]c(Oc4[c-]c5c(cc4)c4ccccc4n5-c4cc(C(C)(C)C)ccn4)ccc3)c3ccccc32)c1)C(C)(C)C.[Pt]. The van der Waals surface area contributed by atoms with Crippen molar-refractivity contribution in [3.8, 4) is 50.9 Å². The number of pyridine rings is 1. The van der Waals surface area contributed by atoms with Gasteiger partial charge in [-0.2, -0.15) is 18.2 Å². The van der Waals surface area contributed by atoms with Crippen molar-refractivity contribution in [3.05, 3.63) is 199 Å². The Hall–Kier alpha value is -6.55. The quantitative estimate of drug-likeness (QED) is 0.107. The normalized spacial score (nSPS) is 13.5. The fraction of sp³-hybridized carbons (Fsp3) is 0.226. The zero-order chi connectivity index (χ0) is 50.3. The van der Waals surface area contributed by atoms with Crippen molar-refractivity contribution >= 4 is 32.8 Å². The molecule has 0 fully saturated rings. The third-order valence-corrected chi connectivity index (χ3v) is 11.8. The van der Waals surface area contributed by atoms with Crippen molar-refractivity contribution in [2.24, 2.45) is 10.8 Å².